The molecular weight excluding hydrogens is 330 g/mol. The lowest BCUT2D eigenvalue weighted by molar-refractivity contribution is -0.123. The minimum Gasteiger partial charge on any atom is -0.421 e. The van der Waals surface area contributed by atoms with E-state index in [1.807, 2.05) is 0 Å². The van der Waals surface area contributed by atoms with Gasteiger partial charge in [0.05, 0.1) is 12.1 Å². The van der Waals surface area contributed by atoms with Gasteiger partial charge in [-0.1, -0.05) is 24.4 Å². The fourth-order valence-electron chi connectivity index (χ4n) is 2.84. The predicted octanol–water partition coefficient (Wildman–Crippen LogP) is 2.74. The van der Waals surface area contributed by atoms with Crippen LogP contribution in [0.2, 0.25) is 5.02 Å². The van der Waals surface area contributed by atoms with Crippen LogP contribution in [0.3, 0.4) is 0 Å². The smallest absolute Gasteiger partial charge is 0.247 e. The average Bonchev–Trinajstić information content (AvgIpc) is 3.05. The van der Waals surface area contributed by atoms with Crippen molar-refractivity contribution in [3.8, 4) is 11.5 Å². The molecule has 2 aromatic rings. The molecular formula is C17H20ClN3O3. The Morgan fingerprint density at radius 3 is 2.75 bits per heavy atom. The van der Waals surface area contributed by atoms with E-state index in [9.17, 15) is 9.90 Å². The van der Waals surface area contributed by atoms with Gasteiger partial charge in [-0.2, -0.15) is 0 Å². The highest BCUT2D eigenvalue weighted by Gasteiger charge is 2.24. The minimum absolute atomic E-state index is 0.104. The third-order valence-electron chi connectivity index (χ3n) is 4.20. The zero-order valence-electron chi connectivity index (χ0n) is 13.2. The molecule has 1 aliphatic carbocycles. The van der Waals surface area contributed by atoms with Crippen LogP contribution in [-0.2, 0) is 11.2 Å². The van der Waals surface area contributed by atoms with Crippen molar-refractivity contribution in [1.29, 1.82) is 0 Å². The first-order valence-electron chi connectivity index (χ1n) is 8.17. The van der Waals surface area contributed by atoms with Crippen LogP contribution in [0, 0.1) is 0 Å². The van der Waals surface area contributed by atoms with Crippen LogP contribution in [0.5, 0.6) is 0 Å². The van der Waals surface area contributed by atoms with E-state index in [0.717, 1.165) is 31.2 Å². The second-order valence-corrected chi connectivity index (χ2v) is 6.47. The van der Waals surface area contributed by atoms with Crippen molar-refractivity contribution in [3.05, 3.63) is 35.2 Å². The van der Waals surface area contributed by atoms with Crippen LogP contribution < -0.4 is 5.32 Å². The van der Waals surface area contributed by atoms with Crippen LogP contribution in [0.1, 0.15) is 38.0 Å². The number of aliphatic hydroxyl groups is 1. The number of rotatable bonds is 5. The van der Waals surface area contributed by atoms with Crippen molar-refractivity contribution >= 4 is 17.5 Å². The number of aromatic nitrogens is 2. The molecule has 0 bridgehead atoms. The van der Waals surface area contributed by atoms with Crippen molar-refractivity contribution in [2.24, 2.45) is 0 Å². The minimum atomic E-state index is -0.442. The monoisotopic (exact) mass is 349 g/mol. The summed E-state index contributed by atoms with van der Waals surface area (Å²) >= 11 is 5.85. The first kappa shape index (κ1) is 16.9. The standard InChI is InChI=1S/C17H20ClN3O3/c18-12-7-5-11(6-8-12)17-21-20-16(24-17)10-9-15(23)19-13-3-1-2-4-14(13)22/h5-8,13-14,22H,1-4,9-10H2,(H,19,23). The lowest BCUT2D eigenvalue weighted by Gasteiger charge is -2.28. The molecule has 1 aromatic heterocycles. The molecule has 0 spiro atoms. The Kier molecular flexibility index (Phi) is 5.48. The van der Waals surface area contributed by atoms with E-state index in [-0.39, 0.29) is 18.4 Å². The summed E-state index contributed by atoms with van der Waals surface area (Å²) in [5, 5.41) is 21.4. The molecule has 2 unspecified atom stereocenters. The maximum Gasteiger partial charge on any atom is 0.247 e. The third-order valence-corrected chi connectivity index (χ3v) is 4.45. The van der Waals surface area contributed by atoms with Crippen LogP contribution in [0.4, 0.5) is 0 Å². The second kappa shape index (κ2) is 7.77. The molecule has 2 atom stereocenters. The molecule has 1 aliphatic rings. The van der Waals surface area contributed by atoms with E-state index >= 15 is 0 Å². The Morgan fingerprint density at radius 1 is 1.25 bits per heavy atom. The molecule has 1 heterocycles. The Morgan fingerprint density at radius 2 is 2.00 bits per heavy atom. The summed E-state index contributed by atoms with van der Waals surface area (Å²) in [6, 6.07) is 6.97. The number of aliphatic hydroxyl groups excluding tert-OH is 1. The summed E-state index contributed by atoms with van der Waals surface area (Å²) < 4.78 is 5.58. The maximum atomic E-state index is 12.0. The van der Waals surface area contributed by atoms with Gasteiger partial charge in [0, 0.05) is 23.4 Å². The molecule has 1 saturated carbocycles. The zero-order chi connectivity index (χ0) is 16.9. The van der Waals surface area contributed by atoms with Crippen LogP contribution in [0.15, 0.2) is 28.7 Å². The molecule has 3 rings (SSSR count). The number of amides is 1. The van der Waals surface area contributed by atoms with Gasteiger partial charge in [-0.15, -0.1) is 10.2 Å². The molecule has 7 heteroatoms. The third kappa shape index (κ3) is 4.33. The van der Waals surface area contributed by atoms with Crippen molar-refractivity contribution in [1.82, 2.24) is 15.5 Å². The lowest BCUT2D eigenvalue weighted by Crippen LogP contribution is -2.45. The summed E-state index contributed by atoms with van der Waals surface area (Å²) in [6.45, 7) is 0. The average molecular weight is 350 g/mol. The van der Waals surface area contributed by atoms with Gasteiger partial charge in [0.2, 0.25) is 17.7 Å². The number of aryl methyl sites for hydroxylation is 1. The normalized spacial score (nSPS) is 20.8. The fraction of sp³-hybridized carbons (Fsp3) is 0.471. The first-order chi connectivity index (χ1) is 11.6. The molecule has 0 radical (unpaired) electrons. The van der Waals surface area contributed by atoms with E-state index < -0.39 is 6.10 Å². The quantitative estimate of drug-likeness (QED) is 0.866. The van der Waals surface area contributed by atoms with Crippen molar-refractivity contribution in [2.45, 2.75) is 50.7 Å². The number of carbonyl (C=O) groups excluding carboxylic acids is 1. The van der Waals surface area contributed by atoms with E-state index in [2.05, 4.69) is 15.5 Å². The first-order valence-corrected chi connectivity index (χ1v) is 8.55. The second-order valence-electron chi connectivity index (χ2n) is 6.03. The largest absolute Gasteiger partial charge is 0.421 e. The van der Waals surface area contributed by atoms with Gasteiger partial charge in [0.15, 0.2) is 0 Å². The molecule has 0 saturated heterocycles. The summed E-state index contributed by atoms with van der Waals surface area (Å²) in [6.07, 6.45) is 3.81. The molecule has 1 amide bonds. The SMILES string of the molecule is O=C(CCc1nnc(-c2ccc(Cl)cc2)o1)NC1CCCCC1O. The van der Waals surface area contributed by atoms with E-state index in [4.69, 9.17) is 16.0 Å². The highest BCUT2D eigenvalue weighted by atomic mass is 35.5. The van der Waals surface area contributed by atoms with Crippen molar-refractivity contribution < 1.29 is 14.3 Å². The number of hydrogen-bond acceptors (Lipinski definition) is 5. The van der Waals surface area contributed by atoms with Gasteiger partial charge in [-0.05, 0) is 37.1 Å². The molecule has 128 valence electrons. The van der Waals surface area contributed by atoms with E-state index in [0.29, 0.717) is 23.2 Å². The number of nitrogens with zero attached hydrogens (tertiary/aromatic N) is 2. The van der Waals surface area contributed by atoms with E-state index in [1.54, 1.807) is 24.3 Å². The highest BCUT2D eigenvalue weighted by Crippen LogP contribution is 2.21. The fourth-order valence-corrected chi connectivity index (χ4v) is 2.97. The number of benzene rings is 1. The summed E-state index contributed by atoms with van der Waals surface area (Å²) in [5.41, 5.74) is 0.785. The Labute approximate surface area is 145 Å². The maximum absolute atomic E-state index is 12.0. The highest BCUT2D eigenvalue weighted by molar-refractivity contribution is 6.30. The van der Waals surface area contributed by atoms with Gasteiger partial charge in [0.1, 0.15) is 0 Å². The van der Waals surface area contributed by atoms with Crippen LogP contribution >= 0.6 is 11.6 Å². The zero-order valence-corrected chi connectivity index (χ0v) is 14.0. The Balaban J connectivity index is 1.51. The Hall–Kier alpha value is -1.92. The van der Waals surface area contributed by atoms with Gasteiger partial charge < -0.3 is 14.8 Å². The summed E-state index contributed by atoms with van der Waals surface area (Å²) in [5.74, 6) is 0.719. The topological polar surface area (TPSA) is 88.2 Å². The van der Waals surface area contributed by atoms with Crippen molar-refractivity contribution in [2.75, 3.05) is 0 Å². The molecule has 2 N–H and O–H groups in total. The van der Waals surface area contributed by atoms with Gasteiger partial charge in [0.25, 0.3) is 0 Å². The van der Waals surface area contributed by atoms with Gasteiger partial charge in [-0.3, -0.25) is 4.79 Å². The van der Waals surface area contributed by atoms with Gasteiger partial charge in [-0.25, -0.2) is 0 Å². The molecule has 1 fully saturated rings. The lowest BCUT2D eigenvalue weighted by atomic mass is 9.92. The summed E-state index contributed by atoms with van der Waals surface area (Å²) in [7, 11) is 0. The number of carbonyl (C=O) groups is 1. The van der Waals surface area contributed by atoms with E-state index in [1.165, 1.54) is 0 Å². The predicted molar refractivity (Wildman–Crippen MR) is 89.5 cm³/mol. The molecule has 1 aromatic carbocycles. The van der Waals surface area contributed by atoms with Crippen LogP contribution in [0.25, 0.3) is 11.5 Å². The number of halogens is 1. The molecule has 6 nitrogen and oxygen atoms in total. The molecule has 24 heavy (non-hydrogen) atoms. The van der Waals surface area contributed by atoms with Crippen LogP contribution in [-0.4, -0.2) is 33.4 Å². The van der Waals surface area contributed by atoms with Gasteiger partial charge >= 0.3 is 0 Å². The van der Waals surface area contributed by atoms with Crippen molar-refractivity contribution in [3.63, 3.8) is 0 Å². The Bertz CT molecular complexity index is 687. The molecule has 0 aliphatic heterocycles. The number of hydrogen-bond donors (Lipinski definition) is 2. The number of nitrogens with one attached hydrogen (secondary N) is 1. The summed E-state index contributed by atoms with van der Waals surface area (Å²) in [4.78, 5) is 12.0.